The highest BCUT2D eigenvalue weighted by Gasteiger charge is 2.11. The molecule has 0 fully saturated rings. The highest BCUT2D eigenvalue weighted by Crippen LogP contribution is 2.19. The Balaban J connectivity index is 2.29. The lowest BCUT2D eigenvalue weighted by Gasteiger charge is -2.05. The van der Waals surface area contributed by atoms with Gasteiger partial charge in [-0.3, -0.25) is 4.98 Å². The van der Waals surface area contributed by atoms with Crippen molar-refractivity contribution >= 4 is 0 Å². The van der Waals surface area contributed by atoms with E-state index in [1.807, 2.05) is 12.1 Å². The van der Waals surface area contributed by atoms with Crippen molar-refractivity contribution in [2.24, 2.45) is 0 Å². The molecule has 0 aromatic carbocycles. The van der Waals surface area contributed by atoms with Crippen LogP contribution >= 0.6 is 0 Å². The van der Waals surface area contributed by atoms with Crippen LogP contribution in [0.5, 0.6) is 0 Å². The second-order valence-corrected chi connectivity index (χ2v) is 2.71. The van der Waals surface area contributed by atoms with Crippen molar-refractivity contribution in [3.63, 3.8) is 0 Å². The third-order valence-corrected chi connectivity index (χ3v) is 1.83. The number of rotatable bonds is 2. The van der Waals surface area contributed by atoms with Crippen molar-refractivity contribution in [3.05, 3.63) is 54.2 Å². The Labute approximate surface area is 75.7 Å². The molecule has 2 aromatic rings. The van der Waals surface area contributed by atoms with Gasteiger partial charge in [0.25, 0.3) is 0 Å². The summed E-state index contributed by atoms with van der Waals surface area (Å²) in [6.07, 6.45) is 4.00. The smallest absolute Gasteiger partial charge is 0.124 e. The number of aliphatic hydroxyl groups excluding tert-OH is 1. The van der Waals surface area contributed by atoms with Crippen LogP contribution in [0.4, 0.5) is 0 Å². The van der Waals surface area contributed by atoms with Crippen molar-refractivity contribution in [1.29, 1.82) is 0 Å². The van der Waals surface area contributed by atoms with Crippen LogP contribution in [0.2, 0.25) is 0 Å². The Kier molecular flexibility index (Phi) is 2.10. The topological polar surface area (TPSA) is 46.3 Å². The van der Waals surface area contributed by atoms with Crippen molar-refractivity contribution in [3.8, 4) is 0 Å². The minimum Gasteiger partial charge on any atom is -0.472 e. The van der Waals surface area contributed by atoms with E-state index >= 15 is 0 Å². The number of hydrogen-bond acceptors (Lipinski definition) is 3. The van der Waals surface area contributed by atoms with Gasteiger partial charge in [0.05, 0.1) is 18.2 Å². The summed E-state index contributed by atoms with van der Waals surface area (Å²) < 4.78 is 4.87. The number of nitrogens with zero attached hydrogens (tertiary/aromatic N) is 1. The SMILES string of the molecule is OC(c1ccoc1)c1ccccn1. The Morgan fingerprint density at radius 1 is 1.31 bits per heavy atom. The Morgan fingerprint density at radius 2 is 2.23 bits per heavy atom. The molecule has 0 bridgehead atoms. The fourth-order valence-corrected chi connectivity index (χ4v) is 1.14. The monoisotopic (exact) mass is 175 g/mol. The molecule has 0 aliphatic rings. The summed E-state index contributed by atoms with van der Waals surface area (Å²) in [5, 5.41) is 9.76. The summed E-state index contributed by atoms with van der Waals surface area (Å²) in [7, 11) is 0. The van der Waals surface area contributed by atoms with Gasteiger partial charge in [-0.1, -0.05) is 6.07 Å². The van der Waals surface area contributed by atoms with E-state index in [1.54, 1.807) is 18.3 Å². The van der Waals surface area contributed by atoms with Gasteiger partial charge >= 0.3 is 0 Å². The fraction of sp³-hybridized carbons (Fsp3) is 0.100. The maximum Gasteiger partial charge on any atom is 0.124 e. The molecule has 0 aliphatic heterocycles. The molecule has 0 spiro atoms. The first-order chi connectivity index (χ1) is 6.38. The Hall–Kier alpha value is -1.61. The van der Waals surface area contributed by atoms with Gasteiger partial charge in [-0.15, -0.1) is 0 Å². The van der Waals surface area contributed by atoms with Gasteiger partial charge in [-0.25, -0.2) is 0 Å². The van der Waals surface area contributed by atoms with E-state index < -0.39 is 6.10 Å². The van der Waals surface area contributed by atoms with E-state index in [0.29, 0.717) is 5.69 Å². The molecule has 2 aromatic heterocycles. The number of aromatic nitrogens is 1. The summed E-state index contributed by atoms with van der Waals surface area (Å²) >= 11 is 0. The van der Waals surface area contributed by atoms with Gasteiger partial charge in [0.1, 0.15) is 6.10 Å². The first kappa shape index (κ1) is 8.01. The molecule has 1 unspecified atom stereocenters. The zero-order chi connectivity index (χ0) is 9.10. The van der Waals surface area contributed by atoms with Crippen molar-refractivity contribution in [2.45, 2.75) is 6.10 Å². The first-order valence-electron chi connectivity index (χ1n) is 3.99. The number of pyridine rings is 1. The molecule has 0 amide bonds. The van der Waals surface area contributed by atoms with Crippen LogP contribution in [0.15, 0.2) is 47.4 Å². The lowest BCUT2D eigenvalue weighted by molar-refractivity contribution is 0.214. The molecular weight excluding hydrogens is 166 g/mol. The Bertz CT molecular complexity index is 356. The van der Waals surface area contributed by atoms with E-state index in [0.717, 1.165) is 5.56 Å². The summed E-state index contributed by atoms with van der Waals surface area (Å²) in [5.41, 5.74) is 1.35. The fourth-order valence-electron chi connectivity index (χ4n) is 1.14. The second kappa shape index (κ2) is 3.41. The van der Waals surface area contributed by atoms with Crippen LogP contribution < -0.4 is 0 Å². The van der Waals surface area contributed by atoms with E-state index in [1.165, 1.54) is 12.5 Å². The largest absolute Gasteiger partial charge is 0.472 e. The minimum absolute atomic E-state index is 0.629. The predicted octanol–water partition coefficient (Wildman–Crippen LogP) is 1.76. The molecule has 1 N–H and O–H groups in total. The molecule has 0 saturated carbocycles. The molecule has 3 nitrogen and oxygen atoms in total. The van der Waals surface area contributed by atoms with Crippen LogP contribution in [0.25, 0.3) is 0 Å². The lowest BCUT2D eigenvalue weighted by atomic mass is 10.1. The first-order valence-corrected chi connectivity index (χ1v) is 3.99. The molecule has 1 atom stereocenters. The molecular formula is C10H9NO2. The second-order valence-electron chi connectivity index (χ2n) is 2.71. The van der Waals surface area contributed by atoms with E-state index in [2.05, 4.69) is 4.98 Å². The van der Waals surface area contributed by atoms with Gasteiger partial charge in [-0.2, -0.15) is 0 Å². The van der Waals surface area contributed by atoms with Crippen LogP contribution in [-0.2, 0) is 0 Å². The highest BCUT2D eigenvalue weighted by atomic mass is 16.3. The van der Waals surface area contributed by atoms with Gasteiger partial charge in [-0.05, 0) is 18.2 Å². The quantitative estimate of drug-likeness (QED) is 0.756. The van der Waals surface area contributed by atoms with Crippen LogP contribution in [-0.4, -0.2) is 10.1 Å². The summed E-state index contributed by atoms with van der Waals surface area (Å²) in [6.45, 7) is 0. The molecule has 0 aliphatic carbocycles. The van der Waals surface area contributed by atoms with Crippen LogP contribution in [0.1, 0.15) is 17.4 Å². The van der Waals surface area contributed by atoms with Gasteiger partial charge in [0.2, 0.25) is 0 Å². The molecule has 13 heavy (non-hydrogen) atoms. The zero-order valence-corrected chi connectivity index (χ0v) is 6.92. The molecule has 2 rings (SSSR count). The Morgan fingerprint density at radius 3 is 2.85 bits per heavy atom. The van der Waals surface area contributed by atoms with E-state index in [-0.39, 0.29) is 0 Å². The van der Waals surface area contributed by atoms with Crippen molar-refractivity contribution in [2.75, 3.05) is 0 Å². The molecule has 66 valence electrons. The summed E-state index contributed by atoms with van der Waals surface area (Å²) in [5.74, 6) is 0. The molecule has 2 heterocycles. The summed E-state index contributed by atoms with van der Waals surface area (Å²) in [6, 6.07) is 7.15. The predicted molar refractivity (Wildman–Crippen MR) is 47.0 cm³/mol. The number of furan rings is 1. The van der Waals surface area contributed by atoms with E-state index in [9.17, 15) is 5.11 Å². The zero-order valence-electron chi connectivity index (χ0n) is 6.92. The number of hydrogen-bond donors (Lipinski definition) is 1. The maximum atomic E-state index is 9.76. The van der Waals surface area contributed by atoms with Crippen molar-refractivity contribution in [1.82, 2.24) is 4.98 Å². The van der Waals surface area contributed by atoms with Crippen LogP contribution in [0.3, 0.4) is 0 Å². The average molecular weight is 175 g/mol. The number of aliphatic hydroxyl groups is 1. The average Bonchev–Trinajstić information content (AvgIpc) is 2.71. The molecule has 3 heteroatoms. The van der Waals surface area contributed by atoms with E-state index in [4.69, 9.17) is 4.42 Å². The van der Waals surface area contributed by atoms with Crippen molar-refractivity contribution < 1.29 is 9.52 Å². The third-order valence-electron chi connectivity index (χ3n) is 1.83. The lowest BCUT2D eigenvalue weighted by Crippen LogP contribution is -1.99. The summed E-state index contributed by atoms with van der Waals surface area (Å²) in [4.78, 5) is 4.04. The third kappa shape index (κ3) is 1.60. The highest BCUT2D eigenvalue weighted by molar-refractivity contribution is 5.21. The van der Waals surface area contributed by atoms with Gasteiger partial charge in [0.15, 0.2) is 0 Å². The van der Waals surface area contributed by atoms with Crippen LogP contribution in [0, 0.1) is 0 Å². The standard InChI is InChI=1S/C10H9NO2/c12-10(8-4-6-13-7-8)9-3-1-2-5-11-9/h1-7,10,12H. The molecule has 0 saturated heterocycles. The molecule has 0 radical (unpaired) electrons. The normalized spacial score (nSPS) is 12.7. The van der Waals surface area contributed by atoms with Gasteiger partial charge < -0.3 is 9.52 Å². The maximum absolute atomic E-state index is 9.76. The van der Waals surface area contributed by atoms with Gasteiger partial charge in [0, 0.05) is 11.8 Å². The minimum atomic E-state index is -0.694.